The van der Waals surface area contributed by atoms with E-state index in [0.717, 1.165) is 12.2 Å². The number of hydrogen-bond donors (Lipinski definition) is 0. The molecule has 3 aromatic rings. The van der Waals surface area contributed by atoms with Gasteiger partial charge in [0.15, 0.2) is 0 Å². The Kier molecular flexibility index (Phi) is 6.66. The number of aryl methyl sites for hydroxylation is 1. The summed E-state index contributed by atoms with van der Waals surface area (Å²) in [6.45, 7) is 4.45. The minimum absolute atomic E-state index is 0. The van der Waals surface area contributed by atoms with Crippen molar-refractivity contribution in [3.05, 3.63) is 101 Å². The van der Waals surface area contributed by atoms with Crippen LogP contribution in [0.5, 0.6) is 5.75 Å². The number of hydrogen-bond acceptors (Lipinski definition) is 2. The van der Waals surface area contributed by atoms with Crippen molar-refractivity contribution in [2.24, 2.45) is 0 Å². The van der Waals surface area contributed by atoms with Crippen molar-refractivity contribution in [3.8, 4) is 5.75 Å². The van der Waals surface area contributed by atoms with Gasteiger partial charge in [-0.15, -0.1) is 12.4 Å². The van der Waals surface area contributed by atoms with Gasteiger partial charge in [-0.2, -0.15) is 0 Å². The van der Waals surface area contributed by atoms with Crippen molar-refractivity contribution in [1.29, 1.82) is 0 Å². The van der Waals surface area contributed by atoms with E-state index in [-0.39, 0.29) is 18.5 Å². The second-order valence-corrected chi connectivity index (χ2v) is 8.12. The molecule has 0 aliphatic heterocycles. The Morgan fingerprint density at radius 2 is 1.55 bits per heavy atom. The number of rotatable bonds is 5. The lowest BCUT2D eigenvalue weighted by Crippen LogP contribution is -2.34. The number of fused-ring (bicyclic) bond motifs is 1. The van der Waals surface area contributed by atoms with Crippen LogP contribution in [-0.2, 0) is 6.42 Å². The van der Waals surface area contributed by atoms with Crippen molar-refractivity contribution < 1.29 is 4.74 Å². The molecule has 0 aromatic heterocycles. The summed E-state index contributed by atoms with van der Waals surface area (Å²) in [5, 5.41) is 0. The van der Waals surface area contributed by atoms with E-state index in [0.29, 0.717) is 12.0 Å². The number of ether oxygens (including phenoxy) is 1. The fraction of sp³-hybridized carbons (Fsp3) is 0.308. The van der Waals surface area contributed by atoms with Crippen LogP contribution in [0.3, 0.4) is 0 Å². The van der Waals surface area contributed by atoms with Gasteiger partial charge >= 0.3 is 0 Å². The van der Waals surface area contributed by atoms with Gasteiger partial charge in [0.2, 0.25) is 0 Å². The van der Waals surface area contributed by atoms with Gasteiger partial charge in [-0.1, -0.05) is 67.6 Å². The fourth-order valence-corrected chi connectivity index (χ4v) is 4.37. The van der Waals surface area contributed by atoms with Crippen LogP contribution < -0.4 is 4.74 Å². The molecule has 3 atom stereocenters. The minimum atomic E-state index is 0. The molecule has 0 N–H and O–H groups in total. The number of nitrogens with zero attached hydrogens (tertiary/aromatic N) is 1. The fourth-order valence-electron chi connectivity index (χ4n) is 4.37. The summed E-state index contributed by atoms with van der Waals surface area (Å²) < 4.78 is 6.50. The van der Waals surface area contributed by atoms with E-state index in [1.165, 1.54) is 27.8 Å². The van der Waals surface area contributed by atoms with Crippen molar-refractivity contribution in [2.45, 2.75) is 38.3 Å². The van der Waals surface area contributed by atoms with Gasteiger partial charge < -0.3 is 9.64 Å². The summed E-state index contributed by atoms with van der Waals surface area (Å²) in [5.74, 6) is 1.31. The first kappa shape index (κ1) is 21.4. The summed E-state index contributed by atoms with van der Waals surface area (Å²) >= 11 is 0. The standard InChI is InChI=1S/C26H29NO.ClH/c1-18-9-5-7-11-23(18)19(2)20-13-15-22(16-14-20)28-26-24-12-8-6-10-21(24)17-25(26)27(3)4;/h5-16,19,25-26H,17H2,1-4H3;1H. The van der Waals surface area contributed by atoms with Gasteiger partial charge in [-0.25, -0.2) is 0 Å². The molecule has 3 unspecified atom stereocenters. The topological polar surface area (TPSA) is 12.5 Å². The highest BCUT2D eigenvalue weighted by molar-refractivity contribution is 5.85. The van der Waals surface area contributed by atoms with Crippen LogP contribution in [0.25, 0.3) is 0 Å². The predicted octanol–water partition coefficient (Wildman–Crippen LogP) is 6.18. The van der Waals surface area contributed by atoms with Gasteiger partial charge in [0, 0.05) is 5.92 Å². The van der Waals surface area contributed by atoms with Crippen LogP contribution in [0.15, 0.2) is 72.8 Å². The third kappa shape index (κ3) is 4.34. The summed E-state index contributed by atoms with van der Waals surface area (Å²) in [4.78, 5) is 2.28. The Morgan fingerprint density at radius 1 is 0.897 bits per heavy atom. The van der Waals surface area contributed by atoms with Crippen LogP contribution in [-0.4, -0.2) is 25.0 Å². The van der Waals surface area contributed by atoms with Gasteiger partial charge in [-0.3, -0.25) is 0 Å². The molecule has 0 saturated heterocycles. The van der Waals surface area contributed by atoms with E-state index in [2.05, 4.69) is 106 Å². The van der Waals surface area contributed by atoms with E-state index >= 15 is 0 Å². The van der Waals surface area contributed by atoms with E-state index in [1.54, 1.807) is 0 Å². The maximum absolute atomic E-state index is 6.50. The summed E-state index contributed by atoms with van der Waals surface area (Å²) in [5.41, 5.74) is 6.76. The lowest BCUT2D eigenvalue weighted by atomic mass is 9.90. The smallest absolute Gasteiger partial charge is 0.140 e. The first-order valence-electron chi connectivity index (χ1n) is 10.1. The number of likely N-dealkylation sites (N-methyl/N-ethyl adjacent to an activating group) is 1. The molecule has 1 aliphatic carbocycles. The zero-order valence-corrected chi connectivity index (χ0v) is 18.4. The normalized spacial score (nSPS) is 18.8. The zero-order chi connectivity index (χ0) is 19.7. The average molecular weight is 408 g/mol. The van der Waals surface area contributed by atoms with Gasteiger partial charge in [-0.05, 0) is 67.4 Å². The van der Waals surface area contributed by atoms with Crippen molar-refractivity contribution in [1.82, 2.24) is 4.90 Å². The van der Waals surface area contributed by atoms with Crippen LogP contribution in [0.4, 0.5) is 0 Å². The highest BCUT2D eigenvalue weighted by Gasteiger charge is 2.35. The summed E-state index contributed by atoms with van der Waals surface area (Å²) in [6.07, 6.45) is 1.11. The van der Waals surface area contributed by atoms with Gasteiger partial charge in [0.25, 0.3) is 0 Å². The molecule has 152 valence electrons. The molecule has 0 spiro atoms. The van der Waals surface area contributed by atoms with Crippen LogP contribution in [0.1, 0.15) is 46.8 Å². The Morgan fingerprint density at radius 3 is 2.24 bits per heavy atom. The molecule has 0 heterocycles. The second-order valence-electron chi connectivity index (χ2n) is 8.12. The summed E-state index contributed by atoms with van der Waals surface area (Å²) in [6, 6.07) is 26.3. The molecule has 3 heteroatoms. The van der Waals surface area contributed by atoms with E-state index < -0.39 is 0 Å². The molecular weight excluding hydrogens is 378 g/mol. The monoisotopic (exact) mass is 407 g/mol. The molecule has 0 bridgehead atoms. The van der Waals surface area contributed by atoms with Crippen LogP contribution >= 0.6 is 12.4 Å². The molecule has 0 amide bonds. The third-order valence-corrected chi connectivity index (χ3v) is 6.10. The first-order valence-corrected chi connectivity index (χ1v) is 10.1. The predicted molar refractivity (Wildman–Crippen MR) is 123 cm³/mol. The molecular formula is C26H30ClNO. The molecule has 0 fully saturated rings. The Balaban J connectivity index is 0.00000240. The van der Waals surface area contributed by atoms with Gasteiger partial charge in [0.1, 0.15) is 11.9 Å². The lowest BCUT2D eigenvalue weighted by Gasteiger charge is -2.27. The van der Waals surface area contributed by atoms with Crippen LogP contribution in [0.2, 0.25) is 0 Å². The number of benzene rings is 3. The average Bonchev–Trinajstić information content (AvgIpc) is 3.07. The Labute approximate surface area is 180 Å². The third-order valence-electron chi connectivity index (χ3n) is 6.10. The highest BCUT2D eigenvalue weighted by Crippen LogP contribution is 2.37. The lowest BCUT2D eigenvalue weighted by molar-refractivity contribution is 0.111. The molecule has 0 radical (unpaired) electrons. The Hall–Kier alpha value is -2.29. The quantitative estimate of drug-likeness (QED) is 0.501. The van der Waals surface area contributed by atoms with Crippen molar-refractivity contribution in [3.63, 3.8) is 0 Å². The van der Waals surface area contributed by atoms with Crippen molar-refractivity contribution in [2.75, 3.05) is 14.1 Å². The molecule has 1 aliphatic rings. The molecule has 4 rings (SSSR count). The molecule has 0 saturated carbocycles. The maximum Gasteiger partial charge on any atom is 0.140 e. The zero-order valence-electron chi connectivity index (χ0n) is 17.6. The minimum Gasteiger partial charge on any atom is -0.484 e. The van der Waals surface area contributed by atoms with Crippen LogP contribution in [0, 0.1) is 6.92 Å². The van der Waals surface area contributed by atoms with E-state index in [4.69, 9.17) is 4.74 Å². The number of halogens is 1. The molecule has 3 aromatic carbocycles. The largest absolute Gasteiger partial charge is 0.484 e. The maximum atomic E-state index is 6.50. The highest BCUT2D eigenvalue weighted by atomic mass is 35.5. The van der Waals surface area contributed by atoms with E-state index in [1.807, 2.05) is 0 Å². The Bertz CT molecular complexity index is 951. The van der Waals surface area contributed by atoms with E-state index in [9.17, 15) is 0 Å². The van der Waals surface area contributed by atoms with Gasteiger partial charge in [0.05, 0.1) is 6.04 Å². The molecule has 2 nitrogen and oxygen atoms in total. The first-order chi connectivity index (χ1) is 13.5. The van der Waals surface area contributed by atoms with Crippen molar-refractivity contribution >= 4 is 12.4 Å². The molecule has 29 heavy (non-hydrogen) atoms. The summed E-state index contributed by atoms with van der Waals surface area (Å²) in [7, 11) is 4.28. The second kappa shape index (κ2) is 9.02. The SMILES string of the molecule is Cc1ccccc1C(C)c1ccc(OC2c3ccccc3CC2N(C)C)cc1.Cl.